The molecule has 84 valence electrons. The van der Waals surface area contributed by atoms with E-state index in [-0.39, 0.29) is 0 Å². The number of nitrogens with one attached hydrogen (secondary N) is 2. The van der Waals surface area contributed by atoms with Gasteiger partial charge >= 0.3 is 0 Å². The number of nitrogens with zero attached hydrogens (tertiary/aromatic N) is 2. The molecule has 16 heavy (non-hydrogen) atoms. The Bertz CT molecular complexity index is 497. The summed E-state index contributed by atoms with van der Waals surface area (Å²) in [5.41, 5.74) is 3.41. The monoisotopic (exact) mass is 216 g/mol. The van der Waals surface area contributed by atoms with Crippen LogP contribution in [0.2, 0.25) is 0 Å². The molecule has 0 aromatic carbocycles. The largest absolute Gasteiger partial charge is 0.317 e. The van der Waals surface area contributed by atoms with Gasteiger partial charge in [0.1, 0.15) is 0 Å². The Morgan fingerprint density at radius 2 is 2.12 bits per heavy atom. The number of aryl methyl sites for hydroxylation is 1. The highest BCUT2D eigenvalue weighted by atomic mass is 15.1. The Morgan fingerprint density at radius 1 is 1.31 bits per heavy atom. The van der Waals surface area contributed by atoms with Crippen LogP contribution in [0.5, 0.6) is 0 Å². The molecule has 1 saturated heterocycles. The fourth-order valence-corrected chi connectivity index (χ4v) is 2.54. The smallest absolute Gasteiger partial charge is 0.181 e. The predicted octanol–water partition coefficient (Wildman–Crippen LogP) is 1.73. The first-order chi connectivity index (χ1) is 7.86. The quantitative estimate of drug-likeness (QED) is 0.763. The van der Waals surface area contributed by atoms with Gasteiger partial charge in [0.2, 0.25) is 0 Å². The maximum atomic E-state index is 4.30. The van der Waals surface area contributed by atoms with E-state index in [1.54, 1.807) is 0 Å². The highest BCUT2D eigenvalue weighted by molar-refractivity contribution is 5.81. The number of hydrogen-bond donors (Lipinski definition) is 2. The molecule has 3 rings (SSSR count). The van der Waals surface area contributed by atoms with Gasteiger partial charge in [-0.05, 0) is 44.5 Å². The maximum Gasteiger partial charge on any atom is 0.181 e. The number of H-pyrrole nitrogens is 1. The Hall–Kier alpha value is -1.42. The summed E-state index contributed by atoms with van der Waals surface area (Å²) in [6, 6.07) is 2.06. The molecule has 4 heteroatoms. The molecule has 0 aliphatic carbocycles. The molecule has 0 radical (unpaired) electrons. The zero-order chi connectivity index (χ0) is 11.0. The summed E-state index contributed by atoms with van der Waals surface area (Å²) in [7, 11) is 0. The van der Waals surface area contributed by atoms with E-state index in [9.17, 15) is 0 Å². The molecule has 2 aromatic heterocycles. The molecule has 0 saturated carbocycles. The lowest BCUT2D eigenvalue weighted by molar-refractivity contribution is 0.454. The molecule has 1 aliphatic rings. The Labute approximate surface area is 94.5 Å². The molecule has 1 fully saturated rings. The van der Waals surface area contributed by atoms with Crippen LogP contribution in [0.3, 0.4) is 0 Å². The molecule has 0 bridgehead atoms. The molecule has 2 aromatic rings. The van der Waals surface area contributed by atoms with Crippen LogP contribution in [0.4, 0.5) is 0 Å². The van der Waals surface area contributed by atoms with Crippen LogP contribution in [0, 0.1) is 6.92 Å². The van der Waals surface area contributed by atoms with Crippen LogP contribution < -0.4 is 5.32 Å². The molecule has 0 spiro atoms. The third kappa shape index (κ3) is 1.50. The van der Waals surface area contributed by atoms with Gasteiger partial charge in [-0.2, -0.15) is 5.10 Å². The van der Waals surface area contributed by atoms with Crippen molar-refractivity contribution >= 4 is 11.0 Å². The highest BCUT2D eigenvalue weighted by Crippen LogP contribution is 2.30. The lowest BCUT2D eigenvalue weighted by Crippen LogP contribution is -2.26. The minimum Gasteiger partial charge on any atom is -0.317 e. The van der Waals surface area contributed by atoms with Gasteiger partial charge in [0.15, 0.2) is 5.65 Å². The number of aromatic amines is 1. The number of fused-ring (bicyclic) bond motifs is 1. The molecular formula is C12H16N4. The SMILES string of the molecule is Cc1ccnc2n[nH]c(C3CCNCC3)c12. The fraction of sp³-hybridized carbons (Fsp3) is 0.500. The molecule has 4 nitrogen and oxygen atoms in total. The van der Waals surface area contributed by atoms with E-state index < -0.39 is 0 Å². The van der Waals surface area contributed by atoms with Crippen molar-refractivity contribution in [3.05, 3.63) is 23.5 Å². The van der Waals surface area contributed by atoms with Crippen molar-refractivity contribution in [3.8, 4) is 0 Å². The summed E-state index contributed by atoms with van der Waals surface area (Å²) in [4.78, 5) is 4.30. The summed E-state index contributed by atoms with van der Waals surface area (Å²) >= 11 is 0. The number of piperidine rings is 1. The third-order valence-electron chi connectivity index (χ3n) is 3.44. The number of aromatic nitrogens is 3. The second kappa shape index (κ2) is 3.87. The second-order valence-electron chi connectivity index (χ2n) is 4.49. The number of hydrogen-bond acceptors (Lipinski definition) is 3. The first-order valence-electron chi connectivity index (χ1n) is 5.86. The number of pyridine rings is 1. The van der Waals surface area contributed by atoms with Crippen molar-refractivity contribution in [1.82, 2.24) is 20.5 Å². The van der Waals surface area contributed by atoms with Crippen LogP contribution in [-0.4, -0.2) is 28.3 Å². The van der Waals surface area contributed by atoms with E-state index in [2.05, 4.69) is 33.5 Å². The molecule has 0 unspecified atom stereocenters. The van der Waals surface area contributed by atoms with E-state index >= 15 is 0 Å². The molecule has 2 N–H and O–H groups in total. The van der Waals surface area contributed by atoms with Gasteiger partial charge in [0.25, 0.3) is 0 Å². The first-order valence-corrected chi connectivity index (χ1v) is 5.86. The molecule has 1 aliphatic heterocycles. The minimum absolute atomic E-state index is 0.606. The Kier molecular flexibility index (Phi) is 2.36. The van der Waals surface area contributed by atoms with Crippen LogP contribution in [0.25, 0.3) is 11.0 Å². The van der Waals surface area contributed by atoms with E-state index in [0.29, 0.717) is 5.92 Å². The normalized spacial score (nSPS) is 18.1. The van der Waals surface area contributed by atoms with E-state index in [1.807, 2.05) is 6.20 Å². The summed E-state index contributed by atoms with van der Waals surface area (Å²) < 4.78 is 0. The number of rotatable bonds is 1. The first kappa shape index (κ1) is 9.78. The molecule has 0 amide bonds. The summed E-state index contributed by atoms with van der Waals surface area (Å²) in [5, 5.41) is 12.1. The van der Waals surface area contributed by atoms with Crippen LogP contribution >= 0.6 is 0 Å². The van der Waals surface area contributed by atoms with Gasteiger partial charge in [-0.25, -0.2) is 4.98 Å². The average molecular weight is 216 g/mol. The van der Waals surface area contributed by atoms with Crippen LogP contribution in [0.15, 0.2) is 12.3 Å². The van der Waals surface area contributed by atoms with E-state index in [4.69, 9.17) is 0 Å². The fourth-order valence-electron chi connectivity index (χ4n) is 2.54. The Balaban J connectivity index is 2.09. The van der Waals surface area contributed by atoms with Crippen molar-refractivity contribution < 1.29 is 0 Å². The maximum absolute atomic E-state index is 4.30. The van der Waals surface area contributed by atoms with Crippen LogP contribution in [-0.2, 0) is 0 Å². The van der Waals surface area contributed by atoms with E-state index in [0.717, 1.165) is 18.7 Å². The van der Waals surface area contributed by atoms with Gasteiger partial charge in [0.05, 0.1) is 0 Å². The summed E-state index contributed by atoms with van der Waals surface area (Å²) in [5.74, 6) is 0.606. The highest BCUT2D eigenvalue weighted by Gasteiger charge is 2.20. The average Bonchev–Trinajstić information content (AvgIpc) is 2.75. The van der Waals surface area contributed by atoms with Gasteiger partial charge in [0, 0.05) is 23.2 Å². The summed E-state index contributed by atoms with van der Waals surface area (Å²) in [6.07, 6.45) is 4.20. The predicted molar refractivity (Wildman–Crippen MR) is 63.5 cm³/mol. The van der Waals surface area contributed by atoms with E-state index in [1.165, 1.54) is 29.5 Å². The van der Waals surface area contributed by atoms with Gasteiger partial charge in [-0.15, -0.1) is 0 Å². The second-order valence-corrected chi connectivity index (χ2v) is 4.49. The lowest BCUT2D eigenvalue weighted by Gasteiger charge is -2.21. The lowest BCUT2D eigenvalue weighted by atomic mass is 9.92. The van der Waals surface area contributed by atoms with Crippen molar-refractivity contribution in [1.29, 1.82) is 0 Å². The van der Waals surface area contributed by atoms with Gasteiger partial charge < -0.3 is 5.32 Å². The molecular weight excluding hydrogens is 200 g/mol. The van der Waals surface area contributed by atoms with Gasteiger partial charge in [-0.1, -0.05) is 0 Å². The Morgan fingerprint density at radius 3 is 2.94 bits per heavy atom. The van der Waals surface area contributed by atoms with Crippen LogP contribution in [0.1, 0.15) is 30.0 Å². The van der Waals surface area contributed by atoms with Gasteiger partial charge in [-0.3, -0.25) is 5.10 Å². The minimum atomic E-state index is 0.606. The van der Waals surface area contributed by atoms with Crippen molar-refractivity contribution in [3.63, 3.8) is 0 Å². The van der Waals surface area contributed by atoms with Crippen molar-refractivity contribution in [2.24, 2.45) is 0 Å². The molecule has 3 heterocycles. The molecule has 0 atom stereocenters. The van der Waals surface area contributed by atoms with Crippen molar-refractivity contribution in [2.75, 3.05) is 13.1 Å². The third-order valence-corrected chi connectivity index (χ3v) is 3.44. The zero-order valence-electron chi connectivity index (χ0n) is 9.45. The zero-order valence-corrected chi connectivity index (χ0v) is 9.45. The summed E-state index contributed by atoms with van der Waals surface area (Å²) in [6.45, 7) is 4.33. The standard InChI is InChI=1S/C12H16N4/c1-8-2-7-14-12-10(8)11(15-16-12)9-3-5-13-6-4-9/h2,7,9,13H,3-6H2,1H3,(H,14,15,16). The van der Waals surface area contributed by atoms with Crippen molar-refractivity contribution in [2.45, 2.75) is 25.7 Å². The topological polar surface area (TPSA) is 53.6 Å².